The van der Waals surface area contributed by atoms with E-state index in [1.807, 2.05) is 6.92 Å². The van der Waals surface area contributed by atoms with Gasteiger partial charge in [0.1, 0.15) is 0 Å². The first-order chi connectivity index (χ1) is 5.09. The van der Waals surface area contributed by atoms with Crippen LogP contribution in [0.5, 0.6) is 0 Å². The van der Waals surface area contributed by atoms with E-state index in [4.69, 9.17) is 5.73 Å². The van der Waals surface area contributed by atoms with Gasteiger partial charge in [-0.1, -0.05) is 42.6 Å². The molecular weight excluding hydrogens is 206 g/mol. The molecule has 0 heterocycles. The van der Waals surface area contributed by atoms with Gasteiger partial charge in [-0.15, -0.1) is 0 Å². The van der Waals surface area contributed by atoms with Crippen molar-refractivity contribution in [3.63, 3.8) is 0 Å². The number of hydrogen-bond acceptors (Lipinski definition) is 1. The predicted octanol–water partition coefficient (Wildman–Crippen LogP) is 2.06. The maximum Gasteiger partial charge on any atom is 0.221 e. The average molecular weight is 222 g/mol. The molecule has 0 radical (unpaired) electrons. The molecule has 0 rings (SSSR count). The zero-order valence-electron chi connectivity index (χ0n) is 7.14. The van der Waals surface area contributed by atoms with Crippen molar-refractivity contribution in [1.29, 1.82) is 0 Å². The van der Waals surface area contributed by atoms with E-state index >= 15 is 0 Å². The summed E-state index contributed by atoms with van der Waals surface area (Å²) in [5.41, 5.74) is 5.14. The quantitative estimate of drug-likeness (QED) is 0.711. The SMILES string of the molecule is CCCCC(Br)C(C)C(N)=O. The van der Waals surface area contributed by atoms with Crippen molar-refractivity contribution in [1.82, 2.24) is 0 Å². The Hall–Kier alpha value is -0.0500. The molecule has 0 spiro atoms. The molecule has 0 saturated heterocycles. The second-order valence-electron chi connectivity index (χ2n) is 2.85. The van der Waals surface area contributed by atoms with Crippen molar-refractivity contribution < 1.29 is 4.79 Å². The van der Waals surface area contributed by atoms with Crippen LogP contribution in [-0.4, -0.2) is 10.7 Å². The van der Waals surface area contributed by atoms with Crippen LogP contribution in [0.2, 0.25) is 0 Å². The lowest BCUT2D eigenvalue weighted by Gasteiger charge is -2.13. The van der Waals surface area contributed by atoms with Gasteiger partial charge in [0.15, 0.2) is 0 Å². The van der Waals surface area contributed by atoms with Crippen LogP contribution in [0.15, 0.2) is 0 Å². The first-order valence-corrected chi connectivity index (χ1v) is 4.94. The second-order valence-corrected chi connectivity index (χ2v) is 4.03. The molecule has 0 aliphatic rings. The highest BCUT2D eigenvalue weighted by atomic mass is 79.9. The molecule has 2 N–H and O–H groups in total. The summed E-state index contributed by atoms with van der Waals surface area (Å²) < 4.78 is 0. The number of nitrogens with two attached hydrogens (primary N) is 1. The van der Waals surface area contributed by atoms with Gasteiger partial charge in [-0.05, 0) is 6.42 Å². The minimum Gasteiger partial charge on any atom is -0.369 e. The Morgan fingerprint density at radius 3 is 2.55 bits per heavy atom. The molecule has 2 nitrogen and oxygen atoms in total. The summed E-state index contributed by atoms with van der Waals surface area (Å²) in [6, 6.07) is 0. The van der Waals surface area contributed by atoms with Crippen LogP contribution in [0.1, 0.15) is 33.1 Å². The lowest BCUT2D eigenvalue weighted by molar-refractivity contribution is -0.121. The Morgan fingerprint density at radius 2 is 2.18 bits per heavy atom. The van der Waals surface area contributed by atoms with Gasteiger partial charge in [-0.2, -0.15) is 0 Å². The minimum absolute atomic E-state index is 0.0541. The van der Waals surface area contributed by atoms with Crippen LogP contribution in [-0.2, 0) is 4.79 Å². The molecule has 0 aromatic rings. The van der Waals surface area contributed by atoms with Crippen LogP contribution in [0.25, 0.3) is 0 Å². The lowest BCUT2D eigenvalue weighted by Crippen LogP contribution is -2.27. The molecule has 11 heavy (non-hydrogen) atoms. The summed E-state index contributed by atoms with van der Waals surface area (Å²) in [6.07, 6.45) is 3.34. The van der Waals surface area contributed by atoms with Crippen LogP contribution in [0, 0.1) is 5.92 Å². The Balaban J connectivity index is 3.63. The van der Waals surface area contributed by atoms with Crippen molar-refractivity contribution in [2.24, 2.45) is 11.7 Å². The van der Waals surface area contributed by atoms with Crippen molar-refractivity contribution >= 4 is 21.8 Å². The third kappa shape index (κ3) is 4.40. The second kappa shape index (κ2) is 5.58. The molecule has 0 aliphatic carbocycles. The fourth-order valence-electron chi connectivity index (χ4n) is 0.827. The molecule has 3 heteroatoms. The summed E-state index contributed by atoms with van der Waals surface area (Å²) in [5.74, 6) is -0.274. The van der Waals surface area contributed by atoms with Gasteiger partial charge in [0.2, 0.25) is 5.91 Å². The number of amides is 1. The zero-order valence-corrected chi connectivity index (χ0v) is 8.73. The molecule has 2 atom stereocenters. The highest BCUT2D eigenvalue weighted by Gasteiger charge is 2.17. The number of rotatable bonds is 5. The van der Waals surface area contributed by atoms with Crippen LogP contribution in [0.4, 0.5) is 0 Å². The maximum absolute atomic E-state index is 10.7. The molecule has 1 amide bonds. The molecule has 0 bridgehead atoms. The third-order valence-corrected chi connectivity index (χ3v) is 3.08. The van der Waals surface area contributed by atoms with E-state index in [-0.39, 0.29) is 16.7 Å². The smallest absolute Gasteiger partial charge is 0.221 e. The Morgan fingerprint density at radius 1 is 1.64 bits per heavy atom. The molecule has 66 valence electrons. The molecule has 0 fully saturated rings. The van der Waals surface area contributed by atoms with Gasteiger partial charge in [-0.3, -0.25) is 4.79 Å². The van der Waals surface area contributed by atoms with Crippen LogP contribution in [0.3, 0.4) is 0 Å². The molecule has 0 aliphatic heterocycles. The topological polar surface area (TPSA) is 43.1 Å². The lowest BCUT2D eigenvalue weighted by atomic mass is 10.0. The summed E-state index contributed by atoms with van der Waals surface area (Å²) in [6.45, 7) is 3.99. The first-order valence-electron chi connectivity index (χ1n) is 4.03. The predicted molar refractivity (Wildman–Crippen MR) is 50.6 cm³/mol. The largest absolute Gasteiger partial charge is 0.369 e. The van der Waals surface area contributed by atoms with Crippen LogP contribution >= 0.6 is 15.9 Å². The zero-order chi connectivity index (χ0) is 8.85. The van der Waals surface area contributed by atoms with Gasteiger partial charge in [0.25, 0.3) is 0 Å². The highest BCUT2D eigenvalue weighted by Crippen LogP contribution is 2.18. The van der Waals surface area contributed by atoms with E-state index in [1.54, 1.807) is 0 Å². The minimum atomic E-state index is -0.219. The van der Waals surface area contributed by atoms with Crippen LogP contribution < -0.4 is 5.73 Å². The molecule has 2 unspecified atom stereocenters. The molecule has 0 aromatic carbocycles. The summed E-state index contributed by atoms with van der Waals surface area (Å²) in [4.78, 5) is 10.9. The number of halogens is 1. The van der Waals surface area contributed by atoms with Gasteiger partial charge in [0.05, 0.1) is 0 Å². The third-order valence-electron chi connectivity index (χ3n) is 1.82. The molecule has 0 aromatic heterocycles. The molecular formula is C8H16BrNO. The Kier molecular flexibility index (Phi) is 5.56. The normalized spacial score (nSPS) is 15.9. The number of alkyl halides is 1. The summed E-state index contributed by atoms with van der Waals surface area (Å²) in [5, 5.41) is 0. The fourth-order valence-corrected chi connectivity index (χ4v) is 1.41. The van der Waals surface area contributed by atoms with Crippen molar-refractivity contribution in [2.45, 2.75) is 37.9 Å². The average Bonchev–Trinajstić information content (AvgIpc) is 1.98. The first kappa shape index (κ1) is 11.0. The van der Waals surface area contributed by atoms with Crippen molar-refractivity contribution in [3.05, 3.63) is 0 Å². The fraction of sp³-hybridized carbons (Fsp3) is 0.875. The van der Waals surface area contributed by atoms with Gasteiger partial charge in [-0.25, -0.2) is 0 Å². The monoisotopic (exact) mass is 221 g/mol. The van der Waals surface area contributed by atoms with E-state index in [0.29, 0.717) is 0 Å². The Labute approximate surface area is 76.7 Å². The van der Waals surface area contributed by atoms with Crippen molar-refractivity contribution in [3.8, 4) is 0 Å². The number of carbonyl (C=O) groups excluding carboxylic acids is 1. The molecule has 0 saturated carbocycles. The van der Waals surface area contributed by atoms with E-state index in [2.05, 4.69) is 22.9 Å². The standard InChI is InChI=1S/C8H16BrNO/c1-3-4-5-7(9)6(2)8(10)11/h6-7H,3-5H2,1-2H3,(H2,10,11). The summed E-state index contributed by atoms with van der Waals surface area (Å²) >= 11 is 3.44. The Bertz CT molecular complexity index is 127. The highest BCUT2D eigenvalue weighted by molar-refractivity contribution is 9.09. The summed E-state index contributed by atoms with van der Waals surface area (Å²) in [7, 11) is 0. The van der Waals surface area contributed by atoms with E-state index in [1.165, 1.54) is 0 Å². The van der Waals surface area contributed by atoms with E-state index < -0.39 is 0 Å². The van der Waals surface area contributed by atoms with Crippen molar-refractivity contribution in [2.75, 3.05) is 0 Å². The van der Waals surface area contributed by atoms with E-state index in [0.717, 1.165) is 19.3 Å². The van der Waals surface area contributed by atoms with Gasteiger partial charge >= 0.3 is 0 Å². The van der Waals surface area contributed by atoms with E-state index in [9.17, 15) is 4.79 Å². The van der Waals surface area contributed by atoms with Gasteiger partial charge < -0.3 is 5.73 Å². The maximum atomic E-state index is 10.7. The number of carbonyl (C=O) groups is 1. The number of primary amides is 1. The number of hydrogen-bond donors (Lipinski definition) is 1. The number of unbranched alkanes of at least 4 members (excludes halogenated alkanes) is 1. The van der Waals surface area contributed by atoms with Gasteiger partial charge in [0, 0.05) is 10.7 Å².